The Balaban J connectivity index is 1.59. The van der Waals surface area contributed by atoms with Crippen LogP contribution < -0.4 is 19.6 Å². The fraction of sp³-hybridized carbons (Fsp3) is 0.125. The van der Waals surface area contributed by atoms with E-state index in [4.69, 9.17) is 37.4 Å². The van der Waals surface area contributed by atoms with Crippen molar-refractivity contribution in [1.82, 2.24) is 5.43 Å². The monoisotopic (exact) mass is 564 g/mol. The second-order valence-electron chi connectivity index (χ2n) is 6.69. The topological polar surface area (TPSA) is 86.2 Å². The summed E-state index contributed by atoms with van der Waals surface area (Å²) >= 11 is 15.2. The minimum absolute atomic E-state index is 0.268. The van der Waals surface area contributed by atoms with Crippen molar-refractivity contribution in [2.45, 2.75) is 6.92 Å². The maximum atomic E-state index is 12.4. The third-order valence-corrected chi connectivity index (χ3v) is 5.26. The summed E-state index contributed by atoms with van der Waals surface area (Å²) in [6, 6.07) is 16.4. The van der Waals surface area contributed by atoms with Crippen LogP contribution in [0.1, 0.15) is 22.8 Å². The molecule has 7 nitrogen and oxygen atoms in total. The first kappa shape index (κ1) is 25.6. The highest BCUT2D eigenvalue weighted by atomic mass is 79.9. The Morgan fingerprint density at radius 3 is 2.41 bits per heavy atom. The van der Waals surface area contributed by atoms with Crippen LogP contribution in [0.2, 0.25) is 10.0 Å². The number of hydrazone groups is 1. The van der Waals surface area contributed by atoms with Gasteiger partial charge in [0.1, 0.15) is 5.75 Å². The fourth-order valence-electron chi connectivity index (χ4n) is 2.65. The summed E-state index contributed by atoms with van der Waals surface area (Å²) in [7, 11) is 0. The van der Waals surface area contributed by atoms with Crippen molar-refractivity contribution >= 4 is 57.2 Å². The van der Waals surface area contributed by atoms with Gasteiger partial charge in [-0.3, -0.25) is 4.79 Å². The highest BCUT2D eigenvalue weighted by Crippen LogP contribution is 2.29. The minimum atomic E-state index is -0.511. The Morgan fingerprint density at radius 2 is 1.71 bits per heavy atom. The summed E-state index contributed by atoms with van der Waals surface area (Å²) < 4.78 is 17.3. The van der Waals surface area contributed by atoms with Crippen molar-refractivity contribution in [1.29, 1.82) is 0 Å². The Morgan fingerprint density at radius 1 is 0.971 bits per heavy atom. The van der Waals surface area contributed by atoms with Crippen molar-refractivity contribution < 1.29 is 23.8 Å². The van der Waals surface area contributed by atoms with Crippen molar-refractivity contribution in [3.05, 3.63) is 86.3 Å². The van der Waals surface area contributed by atoms with Crippen LogP contribution in [0.25, 0.3) is 0 Å². The summed E-state index contributed by atoms with van der Waals surface area (Å²) in [6.07, 6.45) is 1.43. The van der Waals surface area contributed by atoms with Gasteiger partial charge in [0.2, 0.25) is 0 Å². The Labute approximate surface area is 214 Å². The molecule has 0 unspecified atom stereocenters. The molecule has 34 heavy (non-hydrogen) atoms. The van der Waals surface area contributed by atoms with Crippen LogP contribution in [0.5, 0.6) is 17.2 Å². The molecule has 0 radical (unpaired) electrons. The molecular formula is C24H19BrCl2N2O5. The van der Waals surface area contributed by atoms with Crippen molar-refractivity contribution in [2.24, 2.45) is 5.10 Å². The van der Waals surface area contributed by atoms with Crippen molar-refractivity contribution in [2.75, 3.05) is 13.2 Å². The maximum absolute atomic E-state index is 12.4. The van der Waals surface area contributed by atoms with Gasteiger partial charge in [0.15, 0.2) is 18.1 Å². The van der Waals surface area contributed by atoms with E-state index in [1.807, 2.05) is 6.92 Å². The van der Waals surface area contributed by atoms with Gasteiger partial charge in [0.25, 0.3) is 5.91 Å². The quantitative estimate of drug-likeness (QED) is 0.151. The van der Waals surface area contributed by atoms with E-state index in [-0.39, 0.29) is 12.4 Å². The Hall–Kier alpha value is -3.07. The number of esters is 1. The van der Waals surface area contributed by atoms with Crippen LogP contribution in [0.15, 0.2) is 70.2 Å². The number of hydrogen-bond donors (Lipinski definition) is 1. The van der Waals surface area contributed by atoms with Gasteiger partial charge >= 0.3 is 5.97 Å². The summed E-state index contributed by atoms with van der Waals surface area (Å²) in [5.41, 5.74) is 3.39. The number of nitrogens with zero attached hydrogens (tertiary/aromatic N) is 1. The molecule has 0 saturated carbocycles. The van der Waals surface area contributed by atoms with Gasteiger partial charge in [-0.05, 0) is 73.2 Å². The van der Waals surface area contributed by atoms with Gasteiger partial charge in [-0.15, -0.1) is 0 Å². The zero-order valence-corrected chi connectivity index (χ0v) is 21.0. The van der Waals surface area contributed by atoms with Gasteiger partial charge < -0.3 is 14.2 Å². The lowest BCUT2D eigenvalue weighted by Gasteiger charge is -2.11. The molecule has 0 saturated heterocycles. The largest absolute Gasteiger partial charge is 0.490 e. The first-order chi connectivity index (χ1) is 16.4. The highest BCUT2D eigenvalue weighted by Gasteiger charge is 2.13. The number of ether oxygens (including phenoxy) is 3. The molecule has 0 aliphatic heterocycles. The molecule has 3 rings (SSSR count). The van der Waals surface area contributed by atoms with Gasteiger partial charge in [-0.25, -0.2) is 10.2 Å². The van der Waals surface area contributed by atoms with Crippen LogP contribution in [-0.4, -0.2) is 31.3 Å². The molecule has 0 aliphatic rings. The summed E-state index contributed by atoms with van der Waals surface area (Å²) in [6.45, 7) is 1.90. The molecule has 0 heterocycles. The molecule has 10 heteroatoms. The van der Waals surface area contributed by atoms with Crippen LogP contribution in [0.3, 0.4) is 0 Å². The SMILES string of the molecule is CCOc1cc(/C=N\NC(=O)COc2ccc(Cl)cc2Cl)ccc1OC(=O)c1ccc(Br)cc1. The van der Waals surface area contributed by atoms with Gasteiger partial charge in [0.05, 0.1) is 23.4 Å². The van der Waals surface area contributed by atoms with Gasteiger partial charge in [-0.2, -0.15) is 5.10 Å². The third-order valence-electron chi connectivity index (χ3n) is 4.21. The van der Waals surface area contributed by atoms with Crippen molar-refractivity contribution in [3.63, 3.8) is 0 Å². The molecule has 0 aliphatic carbocycles. The number of hydrogen-bond acceptors (Lipinski definition) is 6. The van der Waals surface area contributed by atoms with E-state index in [0.717, 1.165) is 4.47 Å². The number of rotatable bonds is 9. The lowest BCUT2D eigenvalue weighted by molar-refractivity contribution is -0.123. The predicted molar refractivity (Wildman–Crippen MR) is 134 cm³/mol. The number of carbonyl (C=O) groups is 2. The molecule has 3 aromatic rings. The average Bonchev–Trinajstić information content (AvgIpc) is 2.80. The van der Waals surface area contributed by atoms with E-state index in [9.17, 15) is 9.59 Å². The van der Waals surface area contributed by atoms with E-state index >= 15 is 0 Å². The van der Waals surface area contributed by atoms with Gasteiger partial charge in [-0.1, -0.05) is 39.1 Å². The summed E-state index contributed by atoms with van der Waals surface area (Å²) in [5.74, 6) is -0.0248. The number of benzene rings is 3. The van der Waals surface area contributed by atoms with E-state index in [2.05, 4.69) is 26.5 Å². The number of carbonyl (C=O) groups excluding carboxylic acids is 2. The molecule has 0 spiro atoms. The van der Waals surface area contributed by atoms with Crippen LogP contribution in [0.4, 0.5) is 0 Å². The van der Waals surface area contributed by atoms with E-state index < -0.39 is 11.9 Å². The first-order valence-corrected chi connectivity index (χ1v) is 11.5. The number of amides is 1. The second kappa shape index (κ2) is 12.4. The molecule has 0 bridgehead atoms. The lowest BCUT2D eigenvalue weighted by Crippen LogP contribution is -2.24. The molecule has 176 valence electrons. The molecule has 0 atom stereocenters. The fourth-order valence-corrected chi connectivity index (χ4v) is 3.38. The Bertz CT molecular complexity index is 1200. The maximum Gasteiger partial charge on any atom is 0.343 e. The van der Waals surface area contributed by atoms with Crippen LogP contribution in [0, 0.1) is 0 Å². The van der Waals surface area contributed by atoms with Crippen LogP contribution >= 0.6 is 39.1 Å². The van der Waals surface area contributed by atoms with Crippen molar-refractivity contribution in [3.8, 4) is 17.2 Å². The number of halogens is 3. The molecular weight excluding hydrogens is 547 g/mol. The number of nitrogens with one attached hydrogen (secondary N) is 1. The lowest BCUT2D eigenvalue weighted by atomic mass is 10.2. The normalized spacial score (nSPS) is 10.7. The summed E-state index contributed by atoms with van der Waals surface area (Å²) in [4.78, 5) is 24.4. The van der Waals surface area contributed by atoms with E-state index in [0.29, 0.717) is 39.3 Å². The highest BCUT2D eigenvalue weighted by molar-refractivity contribution is 9.10. The Kier molecular flexibility index (Phi) is 9.33. The van der Waals surface area contributed by atoms with Crippen LogP contribution in [-0.2, 0) is 4.79 Å². The minimum Gasteiger partial charge on any atom is -0.490 e. The smallest absolute Gasteiger partial charge is 0.343 e. The zero-order chi connectivity index (χ0) is 24.5. The predicted octanol–water partition coefficient (Wildman–Crippen LogP) is 5.90. The average molecular weight is 566 g/mol. The standard InChI is InChI=1S/C24H19BrCl2N2O5/c1-2-32-22-11-15(3-9-21(22)34-24(31)16-4-6-17(25)7-5-16)13-28-29-23(30)14-33-20-10-8-18(26)12-19(20)27/h3-13H,2,14H2,1H3,(H,29,30)/b28-13-. The van der Waals surface area contributed by atoms with E-state index in [1.54, 1.807) is 54.6 Å². The molecule has 3 aromatic carbocycles. The second-order valence-corrected chi connectivity index (χ2v) is 8.45. The van der Waals surface area contributed by atoms with Gasteiger partial charge in [0, 0.05) is 9.50 Å². The molecule has 0 aromatic heterocycles. The molecule has 0 fully saturated rings. The first-order valence-electron chi connectivity index (χ1n) is 10.00. The summed E-state index contributed by atoms with van der Waals surface area (Å²) in [5, 5.41) is 4.68. The van der Waals surface area contributed by atoms with E-state index in [1.165, 1.54) is 12.3 Å². The molecule has 1 amide bonds. The molecule has 1 N–H and O–H groups in total. The third kappa shape index (κ3) is 7.48. The zero-order valence-electron chi connectivity index (χ0n) is 17.9.